The number of benzene rings is 1. The van der Waals surface area contributed by atoms with E-state index in [1.165, 1.54) is 19.3 Å². The van der Waals surface area contributed by atoms with Crippen LogP contribution in [0.1, 0.15) is 6.92 Å². The Labute approximate surface area is 203 Å². The van der Waals surface area contributed by atoms with Crippen molar-refractivity contribution >= 4 is 64.3 Å². The van der Waals surface area contributed by atoms with E-state index in [-0.39, 0.29) is 28.9 Å². The molecular weight excluding hydrogens is 483 g/mol. The third-order valence-electron chi connectivity index (χ3n) is 4.15. The fraction of sp³-hybridized carbons (Fsp3) is 0.0500. The Morgan fingerprint density at radius 3 is 2.44 bits per heavy atom. The first-order chi connectivity index (χ1) is 16.2. The number of nitrogens with two attached hydrogens (primary N) is 2. The molecular formula is C20H18Cl2N10O2. The molecule has 0 aliphatic heterocycles. The third kappa shape index (κ3) is 5.94. The average Bonchev–Trinajstić information content (AvgIpc) is 3.26. The van der Waals surface area contributed by atoms with Crippen molar-refractivity contribution in [1.82, 2.24) is 20.2 Å². The van der Waals surface area contributed by atoms with Gasteiger partial charge in [0.2, 0.25) is 5.95 Å². The second-order valence-corrected chi connectivity index (χ2v) is 7.48. The molecule has 0 radical (unpaired) electrons. The fourth-order valence-electron chi connectivity index (χ4n) is 2.43. The summed E-state index contributed by atoms with van der Waals surface area (Å²) in [5.41, 5.74) is 12.0. The Morgan fingerprint density at radius 1 is 1.15 bits per heavy atom. The highest BCUT2D eigenvalue weighted by atomic mass is 35.5. The van der Waals surface area contributed by atoms with E-state index in [0.717, 1.165) is 0 Å². The lowest BCUT2D eigenvalue weighted by Crippen LogP contribution is -2.25. The van der Waals surface area contributed by atoms with Crippen molar-refractivity contribution < 1.29 is 9.59 Å². The number of aliphatic imine (C=N–C) groups is 1. The van der Waals surface area contributed by atoms with Crippen molar-refractivity contribution in [2.24, 2.45) is 16.5 Å². The first-order valence-electron chi connectivity index (χ1n) is 9.45. The van der Waals surface area contributed by atoms with E-state index in [4.69, 9.17) is 40.1 Å². The van der Waals surface area contributed by atoms with E-state index < -0.39 is 11.8 Å². The Morgan fingerprint density at radius 2 is 1.85 bits per heavy atom. The van der Waals surface area contributed by atoms with Gasteiger partial charge in [0.1, 0.15) is 17.1 Å². The topological polar surface area (TPSA) is 201 Å². The van der Waals surface area contributed by atoms with Crippen LogP contribution in [0.4, 0.5) is 17.3 Å². The number of carbonyl (C=O) groups excluding carboxylic acids is 2. The van der Waals surface area contributed by atoms with Crippen molar-refractivity contribution in [2.45, 2.75) is 6.92 Å². The van der Waals surface area contributed by atoms with Crippen LogP contribution in [-0.2, 0) is 9.59 Å². The SMILES string of the molecule is CC(=N)C(=O)Nc1n[nH]c(-c2ccc(NC(C=Nc3c(Cl)cccc3Cl)=C(N)C(N)=O)cn2)n1. The summed E-state index contributed by atoms with van der Waals surface area (Å²) >= 11 is 12.2. The van der Waals surface area contributed by atoms with Gasteiger partial charge in [-0.2, -0.15) is 4.98 Å². The maximum Gasteiger partial charge on any atom is 0.271 e. The molecule has 0 atom stereocenters. The molecule has 14 heteroatoms. The number of halogens is 2. The summed E-state index contributed by atoms with van der Waals surface area (Å²) in [4.78, 5) is 35.8. The average molecular weight is 501 g/mol. The molecule has 174 valence electrons. The number of anilines is 2. The lowest BCUT2D eigenvalue weighted by Gasteiger charge is -2.10. The van der Waals surface area contributed by atoms with Crippen LogP contribution in [0, 0.1) is 5.41 Å². The van der Waals surface area contributed by atoms with Crippen LogP contribution < -0.4 is 22.1 Å². The van der Waals surface area contributed by atoms with E-state index in [9.17, 15) is 9.59 Å². The van der Waals surface area contributed by atoms with Crippen molar-refractivity contribution in [3.8, 4) is 11.5 Å². The largest absolute Gasteiger partial charge is 0.393 e. The van der Waals surface area contributed by atoms with Crippen LogP contribution in [-0.4, -0.2) is 43.9 Å². The van der Waals surface area contributed by atoms with E-state index in [1.807, 2.05) is 0 Å². The molecule has 0 aliphatic carbocycles. The fourth-order valence-corrected chi connectivity index (χ4v) is 2.93. The van der Waals surface area contributed by atoms with Gasteiger partial charge >= 0.3 is 0 Å². The van der Waals surface area contributed by atoms with Gasteiger partial charge < -0.3 is 16.8 Å². The summed E-state index contributed by atoms with van der Waals surface area (Å²) < 4.78 is 0. The zero-order chi connectivity index (χ0) is 24.8. The first kappa shape index (κ1) is 24.4. The summed E-state index contributed by atoms with van der Waals surface area (Å²) in [5.74, 6) is -1.19. The van der Waals surface area contributed by atoms with E-state index in [1.54, 1.807) is 30.3 Å². The maximum absolute atomic E-state index is 11.6. The van der Waals surface area contributed by atoms with Gasteiger partial charge in [0, 0.05) is 0 Å². The Bertz CT molecular complexity index is 1290. The van der Waals surface area contributed by atoms with E-state index >= 15 is 0 Å². The number of rotatable bonds is 8. The van der Waals surface area contributed by atoms with Crippen molar-refractivity contribution in [1.29, 1.82) is 5.41 Å². The van der Waals surface area contributed by atoms with Crippen molar-refractivity contribution in [3.63, 3.8) is 0 Å². The number of primary amides is 1. The molecule has 2 amide bonds. The summed E-state index contributed by atoms with van der Waals surface area (Å²) in [7, 11) is 0. The number of pyridine rings is 1. The number of aromatic amines is 1. The number of allylic oxidation sites excluding steroid dienone is 1. The minimum atomic E-state index is -0.861. The van der Waals surface area contributed by atoms with Gasteiger partial charge in [-0.1, -0.05) is 29.3 Å². The van der Waals surface area contributed by atoms with E-state index in [2.05, 4.69) is 35.8 Å². The number of hydrogen-bond donors (Lipinski definition) is 6. The molecule has 0 spiro atoms. The summed E-state index contributed by atoms with van der Waals surface area (Å²) in [6, 6.07) is 8.14. The molecule has 3 rings (SSSR count). The zero-order valence-electron chi connectivity index (χ0n) is 17.6. The second kappa shape index (κ2) is 10.6. The van der Waals surface area contributed by atoms with Gasteiger partial charge in [0.25, 0.3) is 11.8 Å². The summed E-state index contributed by atoms with van der Waals surface area (Å²) in [6.07, 6.45) is 2.72. The molecule has 8 N–H and O–H groups in total. The van der Waals surface area contributed by atoms with Gasteiger partial charge in [0.05, 0.1) is 39.6 Å². The monoisotopic (exact) mass is 500 g/mol. The molecule has 0 aliphatic rings. The highest BCUT2D eigenvalue weighted by Crippen LogP contribution is 2.32. The molecule has 2 heterocycles. The second-order valence-electron chi connectivity index (χ2n) is 6.66. The van der Waals surface area contributed by atoms with Gasteiger partial charge in [0.15, 0.2) is 5.82 Å². The smallest absolute Gasteiger partial charge is 0.271 e. The number of para-hydroxylation sites is 1. The summed E-state index contributed by atoms with van der Waals surface area (Å²) in [5, 5.41) is 19.7. The predicted octanol–water partition coefficient (Wildman–Crippen LogP) is 2.62. The van der Waals surface area contributed by atoms with Gasteiger partial charge in [-0.25, -0.2) is 0 Å². The van der Waals surface area contributed by atoms with Gasteiger partial charge in [-0.3, -0.25) is 35.4 Å². The van der Waals surface area contributed by atoms with Crippen LogP contribution in [0.3, 0.4) is 0 Å². The molecule has 0 bridgehead atoms. The number of amides is 2. The van der Waals surface area contributed by atoms with Crippen LogP contribution in [0.5, 0.6) is 0 Å². The minimum Gasteiger partial charge on any atom is -0.393 e. The Kier molecular flexibility index (Phi) is 7.56. The van der Waals surface area contributed by atoms with Crippen LogP contribution >= 0.6 is 23.2 Å². The first-order valence-corrected chi connectivity index (χ1v) is 10.2. The number of nitrogens with one attached hydrogen (secondary N) is 4. The number of carbonyl (C=O) groups is 2. The number of aromatic nitrogens is 4. The molecule has 0 saturated carbocycles. The maximum atomic E-state index is 11.6. The predicted molar refractivity (Wildman–Crippen MR) is 130 cm³/mol. The third-order valence-corrected chi connectivity index (χ3v) is 4.76. The Hall–Kier alpha value is -4.29. The lowest BCUT2D eigenvalue weighted by molar-refractivity contribution is -0.114. The highest BCUT2D eigenvalue weighted by Gasteiger charge is 2.12. The van der Waals surface area contributed by atoms with Gasteiger partial charge in [-0.05, 0) is 31.2 Å². The summed E-state index contributed by atoms with van der Waals surface area (Å²) in [6.45, 7) is 1.34. The molecule has 2 aromatic heterocycles. The zero-order valence-corrected chi connectivity index (χ0v) is 19.1. The van der Waals surface area contributed by atoms with Crippen molar-refractivity contribution in [2.75, 3.05) is 10.6 Å². The lowest BCUT2D eigenvalue weighted by atomic mass is 10.2. The van der Waals surface area contributed by atoms with Crippen LogP contribution in [0.25, 0.3) is 11.5 Å². The molecule has 34 heavy (non-hydrogen) atoms. The minimum absolute atomic E-state index is 0.00416. The van der Waals surface area contributed by atoms with Gasteiger partial charge in [-0.15, -0.1) is 5.10 Å². The standard InChI is InChI=1S/C20H18Cl2N10O2/c1-9(23)19(34)30-20-29-18(31-32-20)13-6-5-10(7-26-13)28-14(15(24)17(25)33)8-27-16-11(21)3-2-4-12(16)22/h2-8,23,28H,24H2,1H3,(H2,25,33)(H2,29,30,31,32,34). The Balaban J connectivity index is 1.81. The van der Waals surface area contributed by atoms with Crippen molar-refractivity contribution in [3.05, 3.63) is 58.0 Å². The molecule has 3 aromatic rings. The number of H-pyrrole nitrogens is 1. The van der Waals surface area contributed by atoms with Crippen LogP contribution in [0.15, 0.2) is 52.9 Å². The van der Waals surface area contributed by atoms with Crippen LogP contribution in [0.2, 0.25) is 10.0 Å². The molecule has 0 unspecified atom stereocenters. The molecule has 1 aromatic carbocycles. The molecule has 0 saturated heterocycles. The number of hydrogen-bond acceptors (Lipinski definition) is 9. The molecule has 0 fully saturated rings. The molecule has 12 nitrogen and oxygen atoms in total. The number of nitrogens with zero attached hydrogens (tertiary/aromatic N) is 4. The quantitative estimate of drug-likeness (QED) is 0.201. The van der Waals surface area contributed by atoms with E-state index in [0.29, 0.717) is 27.1 Å². The highest BCUT2D eigenvalue weighted by molar-refractivity contribution is 6.40. The normalized spacial score (nSPS) is 11.7.